The van der Waals surface area contributed by atoms with Gasteiger partial charge in [0.15, 0.2) is 5.69 Å². The SMILES string of the molecule is COCC(C)(NC(=O)OCC1c2ccccc2-c2ccccc21)C(=O)Nc1cnn(C)c1C(=O)O. The second kappa shape index (κ2) is 9.59. The van der Waals surface area contributed by atoms with Gasteiger partial charge in [0.1, 0.15) is 12.1 Å². The van der Waals surface area contributed by atoms with Crippen molar-refractivity contribution >= 4 is 23.7 Å². The van der Waals surface area contributed by atoms with Gasteiger partial charge in [0.05, 0.1) is 18.5 Å². The molecule has 1 aromatic heterocycles. The number of alkyl carbamates (subject to hydrolysis) is 1. The molecule has 0 saturated carbocycles. The van der Waals surface area contributed by atoms with E-state index in [1.54, 1.807) is 0 Å². The number of aromatic nitrogens is 2. The zero-order chi connectivity index (χ0) is 25.2. The molecule has 1 unspecified atom stereocenters. The number of carboxylic acid groups (broad SMARTS) is 1. The van der Waals surface area contributed by atoms with E-state index in [0.717, 1.165) is 26.9 Å². The van der Waals surface area contributed by atoms with Crippen LogP contribution in [0.1, 0.15) is 34.5 Å². The van der Waals surface area contributed by atoms with Crippen molar-refractivity contribution in [3.63, 3.8) is 0 Å². The van der Waals surface area contributed by atoms with Crippen LogP contribution in [0.15, 0.2) is 54.7 Å². The number of aromatic carboxylic acids is 1. The van der Waals surface area contributed by atoms with Crippen LogP contribution in [0.25, 0.3) is 11.1 Å². The Kier molecular flexibility index (Phi) is 6.57. The molecule has 35 heavy (non-hydrogen) atoms. The second-order valence-electron chi connectivity index (χ2n) is 8.51. The number of nitrogens with zero attached hydrogens (tertiary/aromatic N) is 2. The third-order valence-corrected chi connectivity index (χ3v) is 6.05. The number of rotatable bonds is 8. The molecule has 1 aliphatic rings. The molecular weight excluding hydrogens is 452 g/mol. The van der Waals surface area contributed by atoms with Crippen molar-refractivity contribution in [3.8, 4) is 11.1 Å². The first kappa shape index (κ1) is 24.0. The van der Waals surface area contributed by atoms with Crippen LogP contribution in [-0.4, -0.2) is 58.7 Å². The fourth-order valence-corrected chi connectivity index (χ4v) is 4.35. The maximum absolute atomic E-state index is 13.0. The van der Waals surface area contributed by atoms with Crippen molar-refractivity contribution in [2.45, 2.75) is 18.4 Å². The monoisotopic (exact) mass is 478 g/mol. The van der Waals surface area contributed by atoms with Gasteiger partial charge in [-0.05, 0) is 29.2 Å². The smallest absolute Gasteiger partial charge is 0.408 e. The molecule has 182 valence electrons. The van der Waals surface area contributed by atoms with Gasteiger partial charge >= 0.3 is 12.1 Å². The van der Waals surface area contributed by atoms with Crippen molar-refractivity contribution in [3.05, 3.63) is 71.5 Å². The number of aryl methyl sites for hydroxylation is 1. The lowest BCUT2D eigenvalue weighted by Gasteiger charge is -2.28. The number of carboxylic acids is 1. The Hall–Kier alpha value is -4.18. The summed E-state index contributed by atoms with van der Waals surface area (Å²) in [5.41, 5.74) is 2.61. The molecule has 0 radical (unpaired) electrons. The third-order valence-electron chi connectivity index (χ3n) is 6.05. The van der Waals surface area contributed by atoms with Crippen LogP contribution >= 0.6 is 0 Å². The number of carbonyl (C=O) groups excluding carboxylic acids is 2. The minimum Gasteiger partial charge on any atom is -0.476 e. The predicted octanol–water partition coefficient (Wildman–Crippen LogP) is 3.00. The first-order chi connectivity index (χ1) is 16.7. The van der Waals surface area contributed by atoms with E-state index in [1.807, 2.05) is 48.5 Å². The average Bonchev–Trinajstić information content (AvgIpc) is 3.35. The molecule has 0 fully saturated rings. The van der Waals surface area contributed by atoms with Crippen molar-refractivity contribution in [1.82, 2.24) is 15.1 Å². The molecule has 4 rings (SSSR count). The molecule has 10 heteroatoms. The lowest BCUT2D eigenvalue weighted by molar-refractivity contribution is -0.123. The highest BCUT2D eigenvalue weighted by Gasteiger charge is 2.37. The molecule has 0 saturated heterocycles. The summed E-state index contributed by atoms with van der Waals surface area (Å²) in [4.78, 5) is 37.3. The summed E-state index contributed by atoms with van der Waals surface area (Å²) >= 11 is 0. The number of benzene rings is 2. The summed E-state index contributed by atoms with van der Waals surface area (Å²) < 4.78 is 11.8. The maximum Gasteiger partial charge on any atom is 0.408 e. The van der Waals surface area contributed by atoms with E-state index in [9.17, 15) is 19.5 Å². The van der Waals surface area contributed by atoms with Crippen LogP contribution in [0.5, 0.6) is 0 Å². The van der Waals surface area contributed by atoms with Crippen molar-refractivity contribution in [1.29, 1.82) is 0 Å². The lowest BCUT2D eigenvalue weighted by atomic mass is 9.98. The number of hydrogen-bond donors (Lipinski definition) is 3. The highest BCUT2D eigenvalue weighted by molar-refractivity contribution is 6.03. The Morgan fingerprint density at radius 3 is 2.26 bits per heavy atom. The summed E-state index contributed by atoms with van der Waals surface area (Å²) in [6, 6.07) is 15.9. The van der Waals surface area contributed by atoms with Gasteiger partial charge in [-0.15, -0.1) is 0 Å². The second-order valence-corrected chi connectivity index (χ2v) is 8.51. The summed E-state index contributed by atoms with van der Waals surface area (Å²) in [6.45, 7) is 1.37. The van der Waals surface area contributed by atoms with Gasteiger partial charge < -0.3 is 25.2 Å². The number of anilines is 1. The third kappa shape index (κ3) is 4.60. The van der Waals surface area contributed by atoms with E-state index in [1.165, 1.54) is 27.3 Å². The molecule has 3 N–H and O–H groups in total. The molecule has 2 amide bonds. The number of amides is 2. The highest BCUT2D eigenvalue weighted by atomic mass is 16.5. The zero-order valence-corrected chi connectivity index (χ0v) is 19.6. The molecule has 1 heterocycles. The van der Waals surface area contributed by atoms with E-state index < -0.39 is 23.5 Å². The molecule has 3 aromatic rings. The van der Waals surface area contributed by atoms with Gasteiger partial charge in [-0.1, -0.05) is 48.5 Å². The summed E-state index contributed by atoms with van der Waals surface area (Å²) in [5, 5.41) is 18.3. The Morgan fingerprint density at radius 1 is 1.09 bits per heavy atom. The van der Waals surface area contributed by atoms with Gasteiger partial charge in [-0.2, -0.15) is 5.10 Å². The molecule has 1 atom stereocenters. The minimum atomic E-state index is -1.54. The first-order valence-corrected chi connectivity index (χ1v) is 10.9. The zero-order valence-electron chi connectivity index (χ0n) is 19.6. The predicted molar refractivity (Wildman–Crippen MR) is 127 cm³/mol. The lowest BCUT2D eigenvalue weighted by Crippen LogP contribution is -2.57. The summed E-state index contributed by atoms with van der Waals surface area (Å²) in [6.07, 6.45) is 0.424. The molecular formula is C25H26N4O6. The van der Waals surface area contributed by atoms with E-state index in [0.29, 0.717) is 0 Å². The Morgan fingerprint density at radius 2 is 1.69 bits per heavy atom. The summed E-state index contributed by atoms with van der Waals surface area (Å²) in [5.74, 6) is -2.06. The molecule has 1 aliphatic carbocycles. The van der Waals surface area contributed by atoms with Crippen LogP contribution in [0.3, 0.4) is 0 Å². The van der Waals surface area contributed by atoms with Crippen LogP contribution in [0.2, 0.25) is 0 Å². The van der Waals surface area contributed by atoms with Crippen LogP contribution < -0.4 is 10.6 Å². The Bertz CT molecular complexity index is 1240. The Balaban J connectivity index is 1.47. The van der Waals surface area contributed by atoms with Crippen molar-refractivity contribution in [2.24, 2.45) is 7.05 Å². The topological polar surface area (TPSA) is 132 Å². The van der Waals surface area contributed by atoms with Gasteiger partial charge in [-0.25, -0.2) is 9.59 Å². The molecule has 10 nitrogen and oxygen atoms in total. The van der Waals surface area contributed by atoms with E-state index in [-0.39, 0.29) is 30.5 Å². The number of fused-ring (bicyclic) bond motifs is 3. The number of ether oxygens (including phenoxy) is 2. The number of nitrogens with one attached hydrogen (secondary N) is 2. The standard InChI is InChI=1S/C25H26N4O6/c1-25(14-34-3,23(32)27-20-12-26-29(2)21(20)22(30)31)28-24(33)35-13-19-17-10-6-4-8-15(17)16-9-5-7-11-18(16)19/h4-12,19H,13-14H2,1-3H3,(H,27,32)(H,28,33)(H,30,31). The molecule has 0 bridgehead atoms. The highest BCUT2D eigenvalue weighted by Crippen LogP contribution is 2.44. The largest absolute Gasteiger partial charge is 0.476 e. The number of carbonyl (C=O) groups is 3. The van der Waals surface area contributed by atoms with E-state index >= 15 is 0 Å². The van der Waals surface area contributed by atoms with Gasteiger partial charge in [-0.3, -0.25) is 9.48 Å². The van der Waals surface area contributed by atoms with Gasteiger partial charge in [0, 0.05) is 20.1 Å². The molecule has 2 aromatic carbocycles. The molecule has 0 spiro atoms. The van der Waals surface area contributed by atoms with Gasteiger partial charge in [0.2, 0.25) is 0 Å². The number of hydrogen-bond acceptors (Lipinski definition) is 6. The average molecular weight is 479 g/mol. The van der Waals surface area contributed by atoms with Crippen LogP contribution in [-0.2, 0) is 21.3 Å². The maximum atomic E-state index is 13.0. The number of methoxy groups -OCH3 is 1. The van der Waals surface area contributed by atoms with E-state index in [4.69, 9.17) is 9.47 Å². The van der Waals surface area contributed by atoms with Crippen molar-refractivity contribution in [2.75, 3.05) is 25.6 Å². The fraction of sp³-hybridized carbons (Fsp3) is 0.280. The Labute approximate surface area is 201 Å². The van der Waals surface area contributed by atoms with Crippen LogP contribution in [0, 0.1) is 0 Å². The molecule has 0 aliphatic heterocycles. The fourth-order valence-electron chi connectivity index (χ4n) is 4.35. The van der Waals surface area contributed by atoms with Crippen molar-refractivity contribution < 1.29 is 29.0 Å². The van der Waals surface area contributed by atoms with E-state index in [2.05, 4.69) is 15.7 Å². The first-order valence-electron chi connectivity index (χ1n) is 10.9. The van der Waals surface area contributed by atoms with Gasteiger partial charge in [0.25, 0.3) is 5.91 Å². The minimum absolute atomic E-state index is 0.00154. The normalized spacial score (nSPS) is 13.9. The summed E-state index contributed by atoms with van der Waals surface area (Å²) in [7, 11) is 2.83. The quantitative estimate of drug-likeness (QED) is 0.453. The van der Waals surface area contributed by atoms with Crippen LogP contribution in [0.4, 0.5) is 10.5 Å².